The maximum atomic E-state index is 12.2. The van der Waals surface area contributed by atoms with E-state index < -0.39 is 0 Å². The van der Waals surface area contributed by atoms with Gasteiger partial charge < -0.3 is 5.32 Å². The molecule has 1 aliphatic carbocycles. The highest BCUT2D eigenvalue weighted by atomic mass is 16.2. The summed E-state index contributed by atoms with van der Waals surface area (Å²) in [6.45, 7) is 6.00. The average molecular weight is 295 g/mol. The van der Waals surface area contributed by atoms with E-state index in [1.807, 2.05) is 6.92 Å². The summed E-state index contributed by atoms with van der Waals surface area (Å²) in [5.41, 5.74) is 0. The number of hydrogen-bond acceptors (Lipinski definition) is 3. The lowest BCUT2D eigenvalue weighted by atomic mass is 9.96. The molecule has 1 saturated carbocycles. The number of nitrogens with zero attached hydrogens (tertiary/aromatic N) is 1. The molecule has 2 atom stereocenters. The van der Waals surface area contributed by atoms with Crippen LogP contribution in [0.4, 0.5) is 4.79 Å². The molecule has 2 N–H and O–H groups in total. The minimum atomic E-state index is -0.330. The van der Waals surface area contributed by atoms with Crippen LogP contribution >= 0.6 is 0 Å². The van der Waals surface area contributed by atoms with Crippen LogP contribution in [0.15, 0.2) is 0 Å². The van der Waals surface area contributed by atoms with Gasteiger partial charge in [0, 0.05) is 12.6 Å². The smallest absolute Gasteiger partial charge is 0.321 e. The van der Waals surface area contributed by atoms with Crippen LogP contribution in [0.2, 0.25) is 0 Å². The molecule has 0 aromatic carbocycles. The number of carbonyl (C=O) groups excluding carboxylic acids is 2. The molecule has 3 amide bonds. The van der Waals surface area contributed by atoms with E-state index in [-0.39, 0.29) is 24.0 Å². The van der Waals surface area contributed by atoms with E-state index in [9.17, 15) is 9.59 Å². The quantitative estimate of drug-likeness (QED) is 0.839. The Hall–Kier alpha value is -1.10. The molecule has 2 fully saturated rings. The Kier molecular flexibility index (Phi) is 6.03. The first-order valence-corrected chi connectivity index (χ1v) is 8.41. The van der Waals surface area contributed by atoms with Gasteiger partial charge in [0.15, 0.2) is 0 Å². The maximum Gasteiger partial charge on any atom is 0.321 e. The molecule has 21 heavy (non-hydrogen) atoms. The van der Waals surface area contributed by atoms with Crippen LogP contribution in [0.1, 0.15) is 58.8 Å². The highest BCUT2D eigenvalue weighted by molar-refractivity contribution is 5.96. The predicted molar refractivity (Wildman–Crippen MR) is 83.0 cm³/mol. The summed E-state index contributed by atoms with van der Waals surface area (Å²) in [6.07, 6.45) is 8.01. The van der Waals surface area contributed by atoms with E-state index >= 15 is 0 Å². The first kappa shape index (κ1) is 16.3. The minimum absolute atomic E-state index is 0.183. The lowest BCUT2D eigenvalue weighted by molar-refractivity contribution is -0.125. The van der Waals surface area contributed by atoms with Gasteiger partial charge in [-0.05, 0) is 45.1 Å². The van der Waals surface area contributed by atoms with Gasteiger partial charge in [-0.15, -0.1) is 0 Å². The maximum absolute atomic E-state index is 12.2. The monoisotopic (exact) mass is 295 g/mol. The van der Waals surface area contributed by atoms with Crippen molar-refractivity contribution >= 4 is 11.9 Å². The number of amides is 3. The number of imide groups is 1. The molecule has 0 aromatic rings. The van der Waals surface area contributed by atoms with Crippen molar-refractivity contribution in [3.63, 3.8) is 0 Å². The van der Waals surface area contributed by atoms with Crippen LogP contribution in [0.5, 0.6) is 0 Å². The number of piperidine rings is 1. The molecule has 0 radical (unpaired) electrons. The summed E-state index contributed by atoms with van der Waals surface area (Å²) in [4.78, 5) is 26.3. The molecule has 5 nitrogen and oxygen atoms in total. The molecule has 2 aliphatic rings. The van der Waals surface area contributed by atoms with E-state index in [2.05, 4.69) is 22.5 Å². The molecular formula is C16H29N3O2. The SMILES string of the molecule is C[C@@H]1CCCN([C@@H](C)C(=O)NC(=O)NC2CCCCC2)C1. The summed E-state index contributed by atoms with van der Waals surface area (Å²) in [6, 6.07) is -0.328. The molecule has 0 spiro atoms. The molecule has 0 bridgehead atoms. The van der Waals surface area contributed by atoms with Crippen molar-refractivity contribution < 1.29 is 9.59 Å². The van der Waals surface area contributed by atoms with Gasteiger partial charge in [-0.25, -0.2) is 4.79 Å². The normalized spacial score (nSPS) is 26.1. The van der Waals surface area contributed by atoms with Crippen molar-refractivity contribution in [2.75, 3.05) is 13.1 Å². The number of nitrogens with one attached hydrogen (secondary N) is 2. The highest BCUT2D eigenvalue weighted by Crippen LogP contribution is 2.18. The number of urea groups is 1. The van der Waals surface area contributed by atoms with E-state index in [0.29, 0.717) is 5.92 Å². The van der Waals surface area contributed by atoms with Crippen LogP contribution in [-0.2, 0) is 4.79 Å². The van der Waals surface area contributed by atoms with Gasteiger partial charge in [0.05, 0.1) is 6.04 Å². The van der Waals surface area contributed by atoms with Gasteiger partial charge in [0.1, 0.15) is 0 Å². The van der Waals surface area contributed by atoms with Crippen molar-refractivity contribution in [3.05, 3.63) is 0 Å². The van der Waals surface area contributed by atoms with Crippen LogP contribution in [-0.4, -0.2) is 42.0 Å². The van der Waals surface area contributed by atoms with Crippen molar-refractivity contribution in [1.29, 1.82) is 0 Å². The lowest BCUT2D eigenvalue weighted by Gasteiger charge is -2.34. The van der Waals surface area contributed by atoms with Gasteiger partial charge >= 0.3 is 6.03 Å². The van der Waals surface area contributed by atoms with Crippen LogP contribution in [0, 0.1) is 5.92 Å². The predicted octanol–water partition coefficient (Wildman–Crippen LogP) is 2.27. The fourth-order valence-corrected chi connectivity index (χ4v) is 3.43. The summed E-state index contributed by atoms with van der Waals surface area (Å²) < 4.78 is 0. The van der Waals surface area contributed by atoms with Gasteiger partial charge in [-0.2, -0.15) is 0 Å². The first-order chi connectivity index (χ1) is 10.1. The van der Waals surface area contributed by atoms with Gasteiger partial charge in [0.25, 0.3) is 0 Å². The Morgan fingerprint density at radius 2 is 1.81 bits per heavy atom. The third kappa shape index (κ3) is 4.99. The van der Waals surface area contributed by atoms with E-state index in [0.717, 1.165) is 32.4 Å². The van der Waals surface area contributed by atoms with Crippen molar-refractivity contribution in [3.8, 4) is 0 Å². The lowest BCUT2D eigenvalue weighted by Crippen LogP contribution is -2.53. The van der Waals surface area contributed by atoms with Crippen LogP contribution in [0.25, 0.3) is 0 Å². The summed E-state index contributed by atoms with van der Waals surface area (Å²) in [5, 5.41) is 5.44. The molecule has 1 heterocycles. The van der Waals surface area contributed by atoms with E-state index in [1.54, 1.807) is 0 Å². The minimum Gasteiger partial charge on any atom is -0.335 e. The third-order valence-electron chi connectivity index (χ3n) is 4.79. The Morgan fingerprint density at radius 3 is 2.48 bits per heavy atom. The summed E-state index contributed by atoms with van der Waals surface area (Å²) in [5.74, 6) is 0.447. The fraction of sp³-hybridized carbons (Fsp3) is 0.875. The Labute approximate surface area is 127 Å². The van der Waals surface area contributed by atoms with Crippen molar-refractivity contribution in [2.24, 2.45) is 5.92 Å². The molecule has 1 saturated heterocycles. The third-order valence-corrected chi connectivity index (χ3v) is 4.79. The summed E-state index contributed by atoms with van der Waals surface area (Å²) >= 11 is 0. The van der Waals surface area contributed by atoms with E-state index in [1.165, 1.54) is 25.7 Å². The zero-order valence-corrected chi connectivity index (χ0v) is 13.4. The Balaban J connectivity index is 1.75. The number of carbonyl (C=O) groups is 2. The van der Waals surface area contributed by atoms with Crippen molar-refractivity contribution in [2.45, 2.75) is 70.9 Å². The molecule has 5 heteroatoms. The number of rotatable bonds is 3. The molecule has 0 aromatic heterocycles. The number of hydrogen-bond donors (Lipinski definition) is 2. The van der Waals surface area contributed by atoms with Crippen LogP contribution < -0.4 is 10.6 Å². The topological polar surface area (TPSA) is 61.4 Å². The Morgan fingerprint density at radius 1 is 1.10 bits per heavy atom. The van der Waals surface area contributed by atoms with Gasteiger partial charge in [-0.3, -0.25) is 15.0 Å². The molecule has 120 valence electrons. The molecule has 0 unspecified atom stereocenters. The van der Waals surface area contributed by atoms with Crippen molar-refractivity contribution in [1.82, 2.24) is 15.5 Å². The first-order valence-electron chi connectivity index (χ1n) is 8.41. The second-order valence-corrected chi connectivity index (χ2v) is 6.72. The van der Waals surface area contributed by atoms with Gasteiger partial charge in [0.2, 0.25) is 5.91 Å². The van der Waals surface area contributed by atoms with Gasteiger partial charge in [-0.1, -0.05) is 26.2 Å². The second kappa shape index (κ2) is 7.78. The molecular weight excluding hydrogens is 266 g/mol. The zero-order valence-electron chi connectivity index (χ0n) is 13.4. The zero-order chi connectivity index (χ0) is 15.2. The number of likely N-dealkylation sites (tertiary alicyclic amines) is 1. The second-order valence-electron chi connectivity index (χ2n) is 6.72. The Bertz CT molecular complexity index is 367. The fourth-order valence-electron chi connectivity index (χ4n) is 3.43. The highest BCUT2D eigenvalue weighted by Gasteiger charge is 2.27. The largest absolute Gasteiger partial charge is 0.335 e. The van der Waals surface area contributed by atoms with E-state index in [4.69, 9.17) is 0 Å². The standard InChI is InChI=1S/C16H29N3O2/c1-12-7-6-10-19(11-12)13(2)15(20)18-16(21)17-14-8-4-3-5-9-14/h12-14H,3-11H2,1-2H3,(H2,17,18,20,21)/t12-,13+/m1/s1. The summed E-state index contributed by atoms with van der Waals surface area (Å²) in [7, 11) is 0. The molecule has 1 aliphatic heterocycles. The average Bonchev–Trinajstić information content (AvgIpc) is 2.47. The van der Waals surface area contributed by atoms with Crippen LogP contribution in [0.3, 0.4) is 0 Å². The molecule has 2 rings (SSSR count).